The van der Waals surface area contributed by atoms with E-state index in [9.17, 15) is 0 Å². The monoisotopic (exact) mass is 828 g/mol. The molecule has 0 radical (unpaired) electrons. The van der Waals surface area contributed by atoms with E-state index in [1.165, 1.54) is 54.5 Å². The molecule has 0 saturated carbocycles. The van der Waals surface area contributed by atoms with E-state index < -0.39 is 0 Å². The van der Waals surface area contributed by atoms with E-state index in [1.807, 2.05) is 0 Å². The fourth-order valence-electron chi connectivity index (χ4n) is 10.2. The van der Waals surface area contributed by atoms with Crippen LogP contribution in [0, 0.1) is 0 Å². The minimum absolute atomic E-state index is 0.881. The molecule has 0 N–H and O–H groups in total. The Morgan fingerprint density at radius 3 is 1.69 bits per heavy atom. The van der Waals surface area contributed by atoms with Gasteiger partial charge in [0.1, 0.15) is 11.2 Å². The number of rotatable bonds is 7. The molecule has 0 unspecified atom stereocenters. The van der Waals surface area contributed by atoms with Gasteiger partial charge in [-0.2, -0.15) is 0 Å². The largest absolute Gasteiger partial charge is 0.455 e. The van der Waals surface area contributed by atoms with Gasteiger partial charge in [-0.1, -0.05) is 182 Å². The Kier molecular flexibility index (Phi) is 8.53. The van der Waals surface area contributed by atoms with Crippen LogP contribution in [-0.2, 0) is 0 Å². The fourth-order valence-corrected chi connectivity index (χ4v) is 10.2. The molecule has 0 saturated heterocycles. The van der Waals surface area contributed by atoms with E-state index in [0.717, 1.165) is 66.9 Å². The van der Waals surface area contributed by atoms with Gasteiger partial charge in [-0.3, -0.25) is 0 Å². The van der Waals surface area contributed by atoms with Crippen LogP contribution in [0.5, 0.6) is 0 Å². The Labute approximate surface area is 376 Å². The van der Waals surface area contributed by atoms with E-state index in [0.29, 0.717) is 0 Å². The number of nitrogens with zero attached hydrogens (tertiary/aromatic N) is 2. The maximum atomic E-state index is 6.85. The molecule has 3 heteroatoms. The molecule has 0 fully saturated rings. The summed E-state index contributed by atoms with van der Waals surface area (Å²) < 4.78 is 9.26. The molecule has 0 aliphatic heterocycles. The lowest BCUT2D eigenvalue weighted by molar-refractivity contribution is 0.670. The summed E-state index contributed by atoms with van der Waals surface area (Å²) in [7, 11) is 0. The van der Waals surface area contributed by atoms with Crippen molar-refractivity contribution in [1.29, 1.82) is 0 Å². The molecule has 0 aliphatic carbocycles. The smallest absolute Gasteiger partial charge is 0.143 e. The van der Waals surface area contributed by atoms with Crippen molar-refractivity contribution in [3.8, 4) is 39.1 Å². The van der Waals surface area contributed by atoms with Crippen molar-refractivity contribution in [2.45, 2.75) is 0 Å². The zero-order chi connectivity index (χ0) is 42.8. The van der Waals surface area contributed by atoms with Crippen LogP contribution in [0.2, 0.25) is 0 Å². The number of para-hydroxylation sites is 5. The Hall–Kier alpha value is -8.66. The first-order valence-electron chi connectivity index (χ1n) is 22.2. The quantitative estimate of drug-likeness (QED) is 0.160. The predicted octanol–water partition coefficient (Wildman–Crippen LogP) is 17.5. The number of anilines is 3. The Balaban J connectivity index is 0.995. The highest BCUT2D eigenvalue weighted by Crippen LogP contribution is 2.46. The Bertz CT molecular complexity index is 3910. The van der Waals surface area contributed by atoms with Crippen LogP contribution in [0.25, 0.3) is 104 Å². The number of fused-ring (bicyclic) bond motifs is 8. The van der Waals surface area contributed by atoms with E-state index in [4.69, 9.17) is 4.42 Å². The summed E-state index contributed by atoms with van der Waals surface area (Å²) in [5.74, 6) is 0. The minimum Gasteiger partial charge on any atom is -0.455 e. The first-order chi connectivity index (χ1) is 32.2. The van der Waals surface area contributed by atoms with E-state index in [-0.39, 0.29) is 0 Å². The Morgan fingerprint density at radius 2 is 0.892 bits per heavy atom. The van der Waals surface area contributed by atoms with Crippen LogP contribution in [0.3, 0.4) is 0 Å². The number of benzene rings is 11. The van der Waals surface area contributed by atoms with Gasteiger partial charge in [0.2, 0.25) is 0 Å². The van der Waals surface area contributed by atoms with E-state index >= 15 is 0 Å². The first kappa shape index (κ1) is 36.9. The molecular weight excluding hydrogens is 789 g/mol. The first-order valence-corrected chi connectivity index (χ1v) is 22.2. The van der Waals surface area contributed by atoms with Crippen molar-refractivity contribution in [2.75, 3.05) is 4.90 Å². The van der Waals surface area contributed by atoms with Gasteiger partial charge in [0.05, 0.1) is 22.4 Å². The third kappa shape index (κ3) is 6.05. The van der Waals surface area contributed by atoms with E-state index in [2.05, 4.69) is 252 Å². The van der Waals surface area contributed by atoms with Crippen molar-refractivity contribution in [3.63, 3.8) is 0 Å². The number of aromatic nitrogens is 1. The van der Waals surface area contributed by atoms with Crippen molar-refractivity contribution in [2.24, 2.45) is 0 Å². The highest BCUT2D eigenvalue weighted by atomic mass is 16.3. The van der Waals surface area contributed by atoms with Gasteiger partial charge in [-0.05, 0) is 98.9 Å². The van der Waals surface area contributed by atoms with Gasteiger partial charge in [0.25, 0.3) is 0 Å². The second-order valence-corrected chi connectivity index (χ2v) is 16.8. The van der Waals surface area contributed by atoms with E-state index in [1.54, 1.807) is 0 Å². The average Bonchev–Trinajstić information content (AvgIpc) is 3.91. The molecule has 0 amide bonds. The normalized spacial score (nSPS) is 11.7. The van der Waals surface area contributed by atoms with Gasteiger partial charge in [-0.25, -0.2) is 0 Å². The lowest BCUT2D eigenvalue weighted by Gasteiger charge is -2.28. The molecule has 0 aliphatic rings. The van der Waals surface area contributed by atoms with Crippen LogP contribution >= 0.6 is 0 Å². The number of hydrogen-bond donors (Lipinski definition) is 0. The van der Waals surface area contributed by atoms with Gasteiger partial charge in [0.15, 0.2) is 0 Å². The highest BCUT2D eigenvalue weighted by molar-refractivity contribution is 6.14. The topological polar surface area (TPSA) is 21.3 Å². The van der Waals surface area contributed by atoms with Crippen molar-refractivity contribution >= 4 is 82.4 Å². The van der Waals surface area contributed by atoms with Crippen molar-refractivity contribution in [3.05, 3.63) is 243 Å². The predicted molar refractivity (Wildman–Crippen MR) is 274 cm³/mol. The van der Waals surface area contributed by atoms with Gasteiger partial charge in [0, 0.05) is 49.6 Å². The average molecular weight is 829 g/mol. The van der Waals surface area contributed by atoms with Crippen LogP contribution < -0.4 is 4.90 Å². The fraction of sp³-hybridized carbons (Fsp3) is 0. The molecule has 2 heterocycles. The molecule has 0 bridgehead atoms. The van der Waals surface area contributed by atoms with Crippen molar-refractivity contribution in [1.82, 2.24) is 4.57 Å². The summed E-state index contributed by atoms with van der Waals surface area (Å²) >= 11 is 0. The van der Waals surface area contributed by atoms with Crippen molar-refractivity contribution < 1.29 is 4.42 Å². The molecular formula is C62H40N2O. The third-order valence-corrected chi connectivity index (χ3v) is 13.2. The summed E-state index contributed by atoms with van der Waals surface area (Å²) in [5.41, 5.74) is 15.3. The molecule has 11 aromatic carbocycles. The minimum atomic E-state index is 0.881. The van der Waals surface area contributed by atoms with Crippen LogP contribution in [0.15, 0.2) is 247 Å². The van der Waals surface area contributed by atoms with Crippen LogP contribution in [-0.4, -0.2) is 4.57 Å². The number of furan rings is 1. The second kappa shape index (κ2) is 15.0. The zero-order valence-electron chi connectivity index (χ0n) is 35.4. The molecule has 304 valence electrons. The Morgan fingerprint density at radius 1 is 0.323 bits per heavy atom. The van der Waals surface area contributed by atoms with Gasteiger partial charge >= 0.3 is 0 Å². The van der Waals surface area contributed by atoms with Crippen LogP contribution in [0.4, 0.5) is 17.1 Å². The maximum Gasteiger partial charge on any atom is 0.143 e. The molecule has 0 atom stereocenters. The molecule has 3 nitrogen and oxygen atoms in total. The van der Waals surface area contributed by atoms with Gasteiger partial charge < -0.3 is 13.9 Å². The second-order valence-electron chi connectivity index (χ2n) is 16.8. The summed E-state index contributed by atoms with van der Waals surface area (Å²) in [6, 6.07) is 87.7. The maximum absolute atomic E-state index is 6.85. The molecule has 2 aromatic heterocycles. The summed E-state index contributed by atoms with van der Waals surface area (Å²) in [6.07, 6.45) is 0. The standard InChI is InChI=1S/C62H40N2O/c1-2-18-44-40-61-56(39-43(44)17-1)55-29-15-28-54(62(55)65-61)53-26-8-10-31-58(53)63(47-21-13-20-45(38-47)49-27-14-19-41-16-3-4-22-48(41)49)46-36-34-42(35-37-46)50-23-5-9-30-57(50)64-59-32-11-6-24-51(59)52-25-7-12-33-60(52)64/h1-40H. The molecule has 0 spiro atoms. The lowest BCUT2D eigenvalue weighted by Crippen LogP contribution is -2.11. The zero-order valence-corrected chi connectivity index (χ0v) is 35.4. The van der Waals surface area contributed by atoms with Crippen LogP contribution in [0.1, 0.15) is 0 Å². The lowest BCUT2D eigenvalue weighted by atomic mass is 9.96. The summed E-state index contributed by atoms with van der Waals surface area (Å²) in [4.78, 5) is 2.41. The molecule has 13 aromatic rings. The SMILES string of the molecule is c1cc(-c2cccc3ccccc23)cc(N(c2ccc(-c3ccccc3-n3c4ccccc4c4ccccc43)cc2)c2ccccc2-c2cccc3c2oc2cc4ccccc4cc23)c1. The molecule has 13 rings (SSSR count). The summed E-state index contributed by atoms with van der Waals surface area (Å²) in [5, 5.41) is 9.55. The summed E-state index contributed by atoms with van der Waals surface area (Å²) in [6.45, 7) is 0. The third-order valence-electron chi connectivity index (χ3n) is 13.2. The molecule has 65 heavy (non-hydrogen) atoms. The number of hydrogen-bond acceptors (Lipinski definition) is 2. The van der Waals surface area contributed by atoms with Gasteiger partial charge in [-0.15, -0.1) is 0 Å². The highest BCUT2D eigenvalue weighted by Gasteiger charge is 2.22.